The van der Waals surface area contributed by atoms with Gasteiger partial charge in [0.15, 0.2) is 0 Å². The molecule has 18 heavy (non-hydrogen) atoms. The third-order valence-corrected chi connectivity index (χ3v) is 2.66. The number of rotatable bonds is 3. The van der Waals surface area contributed by atoms with Crippen LogP contribution in [0.2, 0.25) is 5.15 Å². The topological polar surface area (TPSA) is 48.4 Å². The summed E-state index contributed by atoms with van der Waals surface area (Å²) in [5.41, 5.74) is 1.04. The highest BCUT2D eigenvalue weighted by atomic mass is 35.5. The second kappa shape index (κ2) is 5.23. The van der Waals surface area contributed by atoms with E-state index >= 15 is 0 Å². The largest absolute Gasteiger partial charge is 0.493 e. The van der Waals surface area contributed by atoms with Crippen molar-refractivity contribution < 1.29 is 14.3 Å². The van der Waals surface area contributed by atoms with Gasteiger partial charge in [-0.15, -0.1) is 0 Å². The predicted octanol–water partition coefficient (Wildman–Crippen LogP) is 3.07. The number of benzene rings is 1. The lowest BCUT2D eigenvalue weighted by molar-refractivity contribution is 0.0601. The predicted molar refractivity (Wildman–Crippen MR) is 69.3 cm³/mol. The highest BCUT2D eigenvalue weighted by Gasteiger charge is 2.10. The molecule has 0 amide bonds. The van der Waals surface area contributed by atoms with Gasteiger partial charge in [0.05, 0.1) is 24.8 Å². The molecular formula is C13H12ClNO3. The van der Waals surface area contributed by atoms with E-state index in [9.17, 15) is 4.79 Å². The van der Waals surface area contributed by atoms with Gasteiger partial charge >= 0.3 is 5.97 Å². The summed E-state index contributed by atoms with van der Waals surface area (Å²) in [5.74, 6) is 0.251. The maximum Gasteiger partial charge on any atom is 0.337 e. The number of ether oxygens (including phenoxy) is 2. The highest BCUT2D eigenvalue weighted by molar-refractivity contribution is 6.30. The number of hydrogen-bond donors (Lipinski definition) is 0. The molecule has 0 saturated carbocycles. The average molecular weight is 266 g/mol. The van der Waals surface area contributed by atoms with E-state index in [1.807, 2.05) is 6.92 Å². The van der Waals surface area contributed by atoms with Gasteiger partial charge in [-0.25, -0.2) is 9.78 Å². The Morgan fingerprint density at radius 1 is 1.39 bits per heavy atom. The van der Waals surface area contributed by atoms with Crippen molar-refractivity contribution in [3.05, 3.63) is 35.0 Å². The number of methoxy groups -OCH3 is 1. The Morgan fingerprint density at radius 3 is 2.83 bits per heavy atom. The molecular weight excluding hydrogens is 254 g/mol. The number of fused-ring (bicyclic) bond motifs is 1. The van der Waals surface area contributed by atoms with Crippen molar-refractivity contribution >= 4 is 28.5 Å². The monoisotopic (exact) mass is 265 g/mol. The molecule has 0 saturated heterocycles. The molecule has 0 radical (unpaired) electrons. The lowest BCUT2D eigenvalue weighted by Crippen LogP contribution is -2.01. The van der Waals surface area contributed by atoms with Crippen LogP contribution < -0.4 is 4.74 Å². The second-order valence-corrected chi connectivity index (χ2v) is 3.99. The molecule has 0 aliphatic heterocycles. The molecule has 0 N–H and O–H groups in total. The van der Waals surface area contributed by atoms with Crippen LogP contribution in [-0.4, -0.2) is 24.7 Å². The zero-order valence-corrected chi connectivity index (χ0v) is 10.8. The number of aromatic nitrogens is 1. The fourth-order valence-corrected chi connectivity index (χ4v) is 1.88. The fraction of sp³-hybridized carbons (Fsp3) is 0.231. The maximum atomic E-state index is 11.4. The average Bonchev–Trinajstić information content (AvgIpc) is 2.37. The first-order valence-corrected chi connectivity index (χ1v) is 5.85. The number of esters is 1. The summed E-state index contributed by atoms with van der Waals surface area (Å²) in [6.45, 7) is 2.43. The Morgan fingerprint density at radius 2 is 2.17 bits per heavy atom. The Hall–Kier alpha value is -1.81. The normalized spacial score (nSPS) is 10.4. The van der Waals surface area contributed by atoms with Crippen LogP contribution >= 0.6 is 11.6 Å². The van der Waals surface area contributed by atoms with Gasteiger partial charge in [-0.1, -0.05) is 11.6 Å². The zero-order valence-electron chi connectivity index (χ0n) is 10.1. The van der Waals surface area contributed by atoms with Gasteiger partial charge in [-0.05, 0) is 25.1 Å². The molecule has 0 spiro atoms. The van der Waals surface area contributed by atoms with Gasteiger partial charge < -0.3 is 9.47 Å². The quantitative estimate of drug-likeness (QED) is 0.632. The first-order chi connectivity index (χ1) is 8.65. The number of nitrogens with zero attached hydrogens (tertiary/aromatic N) is 1. The third kappa shape index (κ3) is 2.38. The second-order valence-electron chi connectivity index (χ2n) is 3.60. The molecule has 1 aromatic carbocycles. The molecule has 0 aliphatic rings. The molecule has 1 aromatic heterocycles. The van der Waals surface area contributed by atoms with Crippen molar-refractivity contribution in [2.45, 2.75) is 6.92 Å². The first kappa shape index (κ1) is 12.6. The summed E-state index contributed by atoms with van der Waals surface area (Å²) >= 11 is 5.92. The van der Waals surface area contributed by atoms with E-state index in [-0.39, 0.29) is 0 Å². The summed E-state index contributed by atoms with van der Waals surface area (Å²) in [4.78, 5) is 15.6. The van der Waals surface area contributed by atoms with E-state index in [4.69, 9.17) is 16.3 Å². The van der Waals surface area contributed by atoms with Crippen LogP contribution in [0.3, 0.4) is 0 Å². The Balaban J connectivity index is 2.60. The van der Waals surface area contributed by atoms with Gasteiger partial charge in [0.25, 0.3) is 0 Å². The molecule has 4 nitrogen and oxygen atoms in total. The van der Waals surface area contributed by atoms with Crippen LogP contribution in [0, 0.1) is 0 Å². The van der Waals surface area contributed by atoms with Gasteiger partial charge in [0.2, 0.25) is 0 Å². The molecule has 2 rings (SSSR count). The number of carbonyl (C=O) groups is 1. The minimum absolute atomic E-state index is 0.327. The number of halogens is 1. The van der Waals surface area contributed by atoms with Crippen LogP contribution in [0.1, 0.15) is 17.3 Å². The SMILES string of the molecule is CCOc1cc(Cl)nc2cc(C(=O)OC)ccc12. The van der Waals surface area contributed by atoms with E-state index < -0.39 is 5.97 Å². The van der Waals surface area contributed by atoms with Crippen molar-refractivity contribution in [1.29, 1.82) is 0 Å². The summed E-state index contributed by atoms with van der Waals surface area (Å²) < 4.78 is 10.1. The third-order valence-electron chi connectivity index (χ3n) is 2.46. The molecule has 0 unspecified atom stereocenters. The lowest BCUT2D eigenvalue weighted by atomic mass is 10.1. The lowest BCUT2D eigenvalue weighted by Gasteiger charge is -2.08. The maximum absolute atomic E-state index is 11.4. The summed E-state index contributed by atoms with van der Waals surface area (Å²) in [6.07, 6.45) is 0. The van der Waals surface area contributed by atoms with E-state index in [2.05, 4.69) is 9.72 Å². The van der Waals surface area contributed by atoms with Crippen LogP contribution in [0.25, 0.3) is 10.9 Å². The molecule has 2 aromatic rings. The first-order valence-electron chi connectivity index (χ1n) is 5.47. The molecule has 5 heteroatoms. The molecule has 1 heterocycles. The number of pyridine rings is 1. The van der Waals surface area contributed by atoms with Gasteiger partial charge in [0.1, 0.15) is 10.9 Å². The van der Waals surface area contributed by atoms with Crippen molar-refractivity contribution in [1.82, 2.24) is 4.98 Å². The number of carbonyl (C=O) groups excluding carboxylic acids is 1. The van der Waals surface area contributed by atoms with Crippen LogP contribution in [-0.2, 0) is 4.74 Å². The van der Waals surface area contributed by atoms with Gasteiger partial charge in [0, 0.05) is 11.5 Å². The van der Waals surface area contributed by atoms with E-state index in [0.29, 0.717) is 28.6 Å². The molecule has 0 bridgehead atoms. The smallest absolute Gasteiger partial charge is 0.337 e. The zero-order chi connectivity index (χ0) is 13.1. The summed E-state index contributed by atoms with van der Waals surface area (Å²) in [6, 6.07) is 6.74. The van der Waals surface area contributed by atoms with Gasteiger partial charge in [-0.3, -0.25) is 0 Å². The van der Waals surface area contributed by atoms with Crippen molar-refractivity contribution in [2.75, 3.05) is 13.7 Å². The summed E-state index contributed by atoms with van der Waals surface area (Å²) in [7, 11) is 1.34. The van der Waals surface area contributed by atoms with Crippen molar-refractivity contribution in [3.8, 4) is 5.75 Å². The molecule has 94 valence electrons. The Labute approximate surface area is 109 Å². The minimum atomic E-state index is -0.406. The van der Waals surface area contributed by atoms with E-state index in [1.54, 1.807) is 24.3 Å². The minimum Gasteiger partial charge on any atom is -0.493 e. The van der Waals surface area contributed by atoms with Gasteiger partial charge in [-0.2, -0.15) is 0 Å². The standard InChI is InChI=1S/C13H12ClNO3/c1-3-18-11-7-12(14)15-10-6-8(13(16)17-2)4-5-9(10)11/h4-7H,3H2,1-2H3. The molecule has 0 atom stereocenters. The van der Waals surface area contributed by atoms with E-state index in [0.717, 1.165) is 5.39 Å². The van der Waals surface area contributed by atoms with Crippen LogP contribution in [0.4, 0.5) is 0 Å². The van der Waals surface area contributed by atoms with Crippen LogP contribution in [0.15, 0.2) is 24.3 Å². The fourth-order valence-electron chi connectivity index (χ4n) is 1.69. The van der Waals surface area contributed by atoms with Crippen molar-refractivity contribution in [3.63, 3.8) is 0 Å². The molecule has 0 fully saturated rings. The van der Waals surface area contributed by atoms with E-state index in [1.165, 1.54) is 7.11 Å². The van der Waals surface area contributed by atoms with Crippen molar-refractivity contribution in [2.24, 2.45) is 0 Å². The molecule has 0 aliphatic carbocycles. The summed E-state index contributed by atoms with van der Waals surface area (Å²) in [5, 5.41) is 1.14. The highest BCUT2D eigenvalue weighted by Crippen LogP contribution is 2.28. The van der Waals surface area contributed by atoms with Crippen LogP contribution in [0.5, 0.6) is 5.75 Å². The Bertz CT molecular complexity index is 598. The number of hydrogen-bond acceptors (Lipinski definition) is 4. The Kier molecular flexibility index (Phi) is 3.67.